The Hall–Kier alpha value is -2.03. The first-order valence-corrected chi connectivity index (χ1v) is 18.9. The molecule has 2 saturated carbocycles. The molecule has 244 valence electrons. The summed E-state index contributed by atoms with van der Waals surface area (Å²) in [6.45, 7) is 1.63. The molecule has 0 amide bonds. The predicted molar refractivity (Wildman–Crippen MR) is 170 cm³/mol. The van der Waals surface area contributed by atoms with Crippen molar-refractivity contribution in [2.75, 3.05) is 7.05 Å². The van der Waals surface area contributed by atoms with Gasteiger partial charge in [0.25, 0.3) is 0 Å². The molecule has 2 fully saturated rings. The van der Waals surface area contributed by atoms with Gasteiger partial charge >= 0.3 is 12.1 Å². The van der Waals surface area contributed by atoms with Crippen LogP contribution in [0, 0.1) is 29.1 Å². The van der Waals surface area contributed by atoms with Crippen molar-refractivity contribution in [3.63, 3.8) is 0 Å². The highest BCUT2D eigenvalue weighted by atomic mass is 127. The van der Waals surface area contributed by atoms with Crippen LogP contribution in [0.3, 0.4) is 0 Å². The van der Waals surface area contributed by atoms with Crippen molar-refractivity contribution in [1.29, 1.82) is 0 Å². The Labute approximate surface area is 269 Å². The van der Waals surface area contributed by atoms with Crippen molar-refractivity contribution in [2.24, 2.45) is 29.1 Å². The number of halogens is 6. The molecular weight excluding hydrogens is 728 g/mol. The molecule has 2 N–H and O–H groups in total. The zero-order valence-corrected chi connectivity index (χ0v) is 27.8. The minimum Gasteiger partial charge on any atom is -0.392 e. The third kappa shape index (κ3) is 5.44. The number of aliphatic hydroxyl groups excluding tert-OH is 1. The number of benzene rings is 1. The molecule has 6 atom stereocenters. The highest BCUT2D eigenvalue weighted by molar-refractivity contribution is 14.2. The first-order chi connectivity index (χ1) is 21.1. The fraction of sp³-hybridized carbons (Fsp3) is 0.515. The van der Waals surface area contributed by atoms with Gasteiger partial charge in [0.2, 0.25) is 10.0 Å². The van der Waals surface area contributed by atoms with Crippen LogP contribution >= 0.6 is 20.7 Å². The Kier molecular flexibility index (Phi) is 8.47. The molecule has 0 radical (unpaired) electrons. The zero-order chi connectivity index (χ0) is 32.5. The first kappa shape index (κ1) is 32.9. The first-order valence-electron chi connectivity index (χ1n) is 15.1. The van der Waals surface area contributed by atoms with E-state index in [2.05, 4.69) is 8.73 Å². The molecule has 5 aliphatic rings. The van der Waals surface area contributed by atoms with E-state index in [1.54, 1.807) is 37.3 Å². The Morgan fingerprint density at radius 3 is 2.36 bits per heavy atom. The molecule has 0 aromatic heterocycles. The van der Waals surface area contributed by atoms with Gasteiger partial charge in [0.1, 0.15) is 0 Å². The van der Waals surface area contributed by atoms with Gasteiger partial charge in [0, 0.05) is 15.9 Å². The molecule has 6 unspecified atom stereocenters. The Bertz CT molecular complexity index is 1670. The zero-order valence-electron chi connectivity index (χ0n) is 24.8. The molecule has 5 nitrogen and oxygen atoms in total. The van der Waals surface area contributed by atoms with E-state index in [0.29, 0.717) is 38.5 Å². The van der Waals surface area contributed by atoms with Gasteiger partial charge in [0.15, 0.2) is 5.78 Å². The highest BCUT2D eigenvalue weighted by Crippen LogP contribution is 2.67. The normalized spacial score (nSPS) is 32.4. The molecule has 1 heterocycles. The lowest BCUT2D eigenvalue weighted by Gasteiger charge is -2.53. The number of alkyl halides is 5. The van der Waals surface area contributed by atoms with Crippen LogP contribution in [-0.4, -0.2) is 48.6 Å². The van der Waals surface area contributed by atoms with Crippen molar-refractivity contribution < 1.29 is 40.3 Å². The summed E-state index contributed by atoms with van der Waals surface area (Å²) in [6, 6.07) is 6.70. The number of carbonyl (C=O) groups excluding carboxylic acids is 1. The number of hydrogen-bond acceptors (Lipinski definition) is 4. The van der Waals surface area contributed by atoms with Gasteiger partial charge in [-0.1, -0.05) is 51.4 Å². The molecule has 45 heavy (non-hydrogen) atoms. The van der Waals surface area contributed by atoms with E-state index in [4.69, 9.17) is 0 Å². The number of allylic oxidation sites excluding steroid dienone is 7. The van der Waals surface area contributed by atoms with Crippen molar-refractivity contribution in [3.8, 4) is 0 Å². The minimum absolute atomic E-state index is 0.0415. The van der Waals surface area contributed by atoms with Gasteiger partial charge in [-0.2, -0.15) is 22.0 Å². The van der Waals surface area contributed by atoms with Crippen molar-refractivity contribution >= 4 is 44.1 Å². The van der Waals surface area contributed by atoms with Gasteiger partial charge < -0.3 is 5.11 Å². The lowest BCUT2D eigenvalue weighted by Crippen LogP contribution is -2.47. The molecule has 6 rings (SSSR count). The van der Waals surface area contributed by atoms with Crippen LogP contribution in [0.1, 0.15) is 57.4 Å². The fourth-order valence-corrected chi connectivity index (χ4v) is 11.7. The van der Waals surface area contributed by atoms with Crippen LogP contribution in [0.2, 0.25) is 0 Å². The van der Waals surface area contributed by atoms with Crippen LogP contribution in [-0.2, 0) is 14.8 Å². The fourth-order valence-electron chi connectivity index (χ4n) is 8.49. The number of ketones is 1. The van der Waals surface area contributed by atoms with E-state index in [9.17, 15) is 40.3 Å². The van der Waals surface area contributed by atoms with Crippen molar-refractivity contribution in [1.82, 2.24) is 4.72 Å². The third-order valence-corrected chi connectivity index (χ3v) is 15.0. The molecule has 0 bridgehead atoms. The lowest BCUT2D eigenvalue weighted by molar-refractivity contribution is -0.310. The van der Waals surface area contributed by atoms with E-state index in [1.807, 2.05) is 12.2 Å². The van der Waals surface area contributed by atoms with Gasteiger partial charge in [-0.3, -0.25) is 4.79 Å². The maximum absolute atomic E-state index is 14.8. The Balaban J connectivity index is 1.37. The molecule has 1 aromatic rings. The van der Waals surface area contributed by atoms with E-state index < -0.39 is 72.6 Å². The lowest BCUT2D eigenvalue weighted by atomic mass is 9.51. The summed E-state index contributed by atoms with van der Waals surface area (Å²) in [5, 5.41) is 10.9. The van der Waals surface area contributed by atoms with E-state index >= 15 is 0 Å². The van der Waals surface area contributed by atoms with Crippen molar-refractivity contribution in [2.45, 2.75) is 75.0 Å². The van der Waals surface area contributed by atoms with E-state index in [-0.39, 0.29) is 22.5 Å². The molecular formula is C33H35F5INO4S. The number of rotatable bonds is 5. The second-order valence-corrected chi connectivity index (χ2v) is 17.1. The van der Waals surface area contributed by atoms with Gasteiger partial charge in [0.05, 0.1) is 16.9 Å². The van der Waals surface area contributed by atoms with Gasteiger partial charge in [-0.15, -0.1) is 0 Å². The summed E-state index contributed by atoms with van der Waals surface area (Å²) < 4.78 is 100. The van der Waals surface area contributed by atoms with Crippen LogP contribution < -0.4 is 4.72 Å². The molecule has 1 aliphatic heterocycles. The minimum atomic E-state index is -5.74. The topological polar surface area (TPSA) is 83.5 Å². The molecule has 0 saturated heterocycles. The highest BCUT2D eigenvalue weighted by Gasteiger charge is 2.70. The monoisotopic (exact) mass is 763 g/mol. The van der Waals surface area contributed by atoms with Crippen LogP contribution in [0.5, 0.6) is 0 Å². The molecule has 1 aromatic carbocycles. The second kappa shape index (κ2) is 11.6. The summed E-state index contributed by atoms with van der Waals surface area (Å²) in [6.07, 6.45) is 0.797. The van der Waals surface area contributed by atoms with Crippen LogP contribution in [0.25, 0.3) is 3.58 Å². The van der Waals surface area contributed by atoms with Gasteiger partial charge in [-0.25, -0.2) is 13.1 Å². The number of sulfonamides is 1. The number of carbonyl (C=O) groups is 1. The largest absolute Gasteiger partial charge is 0.453 e. The predicted octanol–water partition coefficient (Wildman–Crippen LogP) is 7.26. The quantitative estimate of drug-likeness (QED) is 0.245. The summed E-state index contributed by atoms with van der Waals surface area (Å²) in [5.74, 6) is -8.22. The number of hydrogen-bond donors (Lipinski definition) is 2. The molecule has 4 aliphatic carbocycles. The average Bonchev–Trinajstić information content (AvgIpc) is 3.27. The van der Waals surface area contributed by atoms with Crippen molar-refractivity contribution in [3.05, 3.63) is 70.3 Å². The number of aliphatic hydroxyl groups is 1. The summed E-state index contributed by atoms with van der Waals surface area (Å²) in [5.41, 5.74) is 4.17. The SMILES string of the molecule is CNS(=O)(=O)c1ccc(C2=CC=C(C3CCC4(CC(C(F)(F)C(F)(F)F)C(O)C4C)C4CCC5=CC(=O)CCC5=C34)C=I2)cc1. The van der Waals surface area contributed by atoms with Crippen LogP contribution in [0.4, 0.5) is 22.0 Å². The number of fused-ring (bicyclic) bond motifs is 3. The standard InChI is InChI=1S/C33H35F5INO4S/c1-18-30(42)27(32(34,35)33(36,37)38)16-31(18)14-13-25(29-24-10-7-22(41)15-20(24)5-11-26(29)31)21-6-12-28(39-17-21)19-3-8-23(9-4-19)45(43,44)40-2/h3-4,6,8-9,12,15,17-18,25-27,30,40,42H,5,7,10-11,13-14,16H2,1-2H3. The summed E-state index contributed by atoms with van der Waals surface area (Å²) in [7, 11) is -2.20. The van der Waals surface area contributed by atoms with E-state index in [0.717, 1.165) is 31.4 Å². The molecule has 1 spiro atoms. The third-order valence-electron chi connectivity index (χ3n) is 10.8. The van der Waals surface area contributed by atoms with Crippen LogP contribution in [0.15, 0.2) is 69.7 Å². The molecule has 12 heteroatoms. The average molecular weight is 764 g/mol. The smallest absolute Gasteiger partial charge is 0.392 e. The Morgan fingerprint density at radius 2 is 1.73 bits per heavy atom. The number of nitrogens with one attached hydrogen (secondary N) is 1. The maximum Gasteiger partial charge on any atom is 0.453 e. The summed E-state index contributed by atoms with van der Waals surface area (Å²) >= 11 is -0.618. The second-order valence-electron chi connectivity index (χ2n) is 12.8. The van der Waals surface area contributed by atoms with E-state index in [1.165, 1.54) is 7.05 Å². The van der Waals surface area contributed by atoms with Gasteiger partial charge in [-0.05, 0) is 113 Å². The Morgan fingerprint density at radius 1 is 1.02 bits per heavy atom. The summed E-state index contributed by atoms with van der Waals surface area (Å²) in [4.78, 5) is 12.5. The maximum atomic E-state index is 14.8.